The molecule has 1 aromatic rings. The van der Waals surface area contributed by atoms with Crippen LogP contribution in [0.3, 0.4) is 0 Å². The Labute approximate surface area is 96.0 Å². The van der Waals surface area contributed by atoms with Gasteiger partial charge in [-0.3, -0.25) is 0 Å². The van der Waals surface area contributed by atoms with Crippen molar-refractivity contribution < 1.29 is 14.6 Å². The molecule has 0 aromatic heterocycles. The zero-order valence-electron chi connectivity index (χ0n) is 9.99. The highest BCUT2D eigenvalue weighted by molar-refractivity contribution is 5.51. The molecule has 1 unspecified atom stereocenters. The van der Waals surface area contributed by atoms with Gasteiger partial charge in [0.2, 0.25) is 0 Å². The van der Waals surface area contributed by atoms with Gasteiger partial charge in [-0.2, -0.15) is 0 Å². The summed E-state index contributed by atoms with van der Waals surface area (Å²) in [4.78, 5) is 0. The monoisotopic (exact) mass is 225 g/mol. The zero-order valence-corrected chi connectivity index (χ0v) is 9.99. The molecular formula is C12H19NO3. The third kappa shape index (κ3) is 2.28. The Hall–Kier alpha value is -1.26. The first kappa shape index (κ1) is 12.8. The second-order valence-corrected chi connectivity index (χ2v) is 3.51. The molecule has 4 nitrogen and oxygen atoms in total. The number of aliphatic hydroxyl groups excluding tert-OH is 1. The zero-order chi connectivity index (χ0) is 12.1. The summed E-state index contributed by atoms with van der Waals surface area (Å²) in [6.45, 7) is 1.94. The smallest absolute Gasteiger partial charge is 0.164 e. The van der Waals surface area contributed by atoms with Crippen molar-refractivity contribution in [2.75, 3.05) is 20.8 Å². The Morgan fingerprint density at radius 2 is 2.00 bits per heavy atom. The van der Waals surface area contributed by atoms with Crippen LogP contribution in [0.4, 0.5) is 0 Å². The van der Waals surface area contributed by atoms with Crippen LogP contribution in [-0.4, -0.2) is 25.9 Å². The van der Waals surface area contributed by atoms with Crippen LogP contribution >= 0.6 is 0 Å². The van der Waals surface area contributed by atoms with Gasteiger partial charge in [-0.25, -0.2) is 0 Å². The lowest BCUT2D eigenvalue weighted by atomic mass is 9.98. The molecule has 0 bridgehead atoms. The fourth-order valence-corrected chi connectivity index (χ4v) is 1.82. The van der Waals surface area contributed by atoms with Crippen molar-refractivity contribution in [1.82, 2.24) is 0 Å². The number of methoxy groups -OCH3 is 2. The predicted molar refractivity (Wildman–Crippen MR) is 62.9 cm³/mol. The number of benzene rings is 1. The van der Waals surface area contributed by atoms with Gasteiger partial charge in [-0.15, -0.1) is 0 Å². The summed E-state index contributed by atoms with van der Waals surface area (Å²) in [6.07, 6.45) is 0.781. The second-order valence-electron chi connectivity index (χ2n) is 3.51. The van der Waals surface area contributed by atoms with Crippen LogP contribution in [-0.2, 0) is 6.42 Å². The molecule has 0 spiro atoms. The van der Waals surface area contributed by atoms with Crippen molar-refractivity contribution in [1.29, 1.82) is 0 Å². The quantitative estimate of drug-likeness (QED) is 0.791. The molecule has 0 fully saturated rings. The number of nitrogens with two attached hydrogens (primary N) is 1. The van der Waals surface area contributed by atoms with Crippen molar-refractivity contribution in [3.05, 3.63) is 23.3 Å². The predicted octanol–water partition coefficient (Wildman–Crippen LogP) is 1.26. The summed E-state index contributed by atoms with van der Waals surface area (Å²) in [5.41, 5.74) is 7.73. The van der Waals surface area contributed by atoms with Gasteiger partial charge in [-0.1, -0.05) is 13.0 Å². The largest absolute Gasteiger partial charge is 0.493 e. The Morgan fingerprint density at radius 1 is 1.31 bits per heavy atom. The number of aliphatic hydroxyl groups is 1. The SMILES string of the molecule is CCc1c(C(N)CO)ccc(OC)c1OC. The molecule has 0 saturated heterocycles. The van der Waals surface area contributed by atoms with Crippen molar-refractivity contribution in [2.45, 2.75) is 19.4 Å². The van der Waals surface area contributed by atoms with Crippen molar-refractivity contribution in [2.24, 2.45) is 5.73 Å². The fourth-order valence-electron chi connectivity index (χ4n) is 1.82. The number of hydrogen-bond donors (Lipinski definition) is 2. The van der Waals surface area contributed by atoms with Crippen LogP contribution in [0.5, 0.6) is 11.5 Å². The van der Waals surface area contributed by atoms with Crippen molar-refractivity contribution in [3.63, 3.8) is 0 Å². The maximum absolute atomic E-state index is 9.10. The van der Waals surface area contributed by atoms with Gasteiger partial charge in [0.05, 0.1) is 26.9 Å². The normalized spacial score (nSPS) is 12.3. The van der Waals surface area contributed by atoms with E-state index in [9.17, 15) is 0 Å². The lowest BCUT2D eigenvalue weighted by molar-refractivity contribution is 0.266. The van der Waals surface area contributed by atoms with Crippen LogP contribution < -0.4 is 15.2 Å². The van der Waals surface area contributed by atoms with Gasteiger partial charge < -0.3 is 20.3 Å². The first-order valence-electron chi connectivity index (χ1n) is 5.29. The summed E-state index contributed by atoms with van der Waals surface area (Å²) in [7, 11) is 3.20. The number of ether oxygens (including phenoxy) is 2. The average Bonchev–Trinajstić information content (AvgIpc) is 2.35. The van der Waals surface area contributed by atoms with E-state index >= 15 is 0 Å². The second kappa shape index (κ2) is 5.72. The molecule has 0 saturated carbocycles. The minimum absolute atomic E-state index is 0.0809. The van der Waals surface area contributed by atoms with E-state index in [1.165, 1.54) is 0 Å². The minimum atomic E-state index is -0.380. The average molecular weight is 225 g/mol. The van der Waals surface area contributed by atoms with E-state index in [4.69, 9.17) is 20.3 Å². The molecule has 4 heteroatoms. The van der Waals surface area contributed by atoms with Crippen LogP contribution in [0, 0.1) is 0 Å². The molecule has 0 aliphatic heterocycles. The Balaban J connectivity index is 3.31. The van der Waals surface area contributed by atoms with E-state index < -0.39 is 0 Å². The molecule has 0 radical (unpaired) electrons. The van der Waals surface area contributed by atoms with Crippen molar-refractivity contribution in [3.8, 4) is 11.5 Å². The molecule has 0 amide bonds. The number of hydrogen-bond acceptors (Lipinski definition) is 4. The van der Waals surface area contributed by atoms with Crippen molar-refractivity contribution >= 4 is 0 Å². The van der Waals surface area contributed by atoms with Crippen LogP contribution in [0.15, 0.2) is 12.1 Å². The van der Waals surface area contributed by atoms with Gasteiger partial charge in [-0.05, 0) is 18.1 Å². The highest BCUT2D eigenvalue weighted by atomic mass is 16.5. The Kier molecular flexibility index (Phi) is 4.58. The molecule has 16 heavy (non-hydrogen) atoms. The van der Waals surface area contributed by atoms with E-state index in [1.807, 2.05) is 19.1 Å². The molecule has 0 aliphatic rings. The summed E-state index contributed by atoms with van der Waals surface area (Å²) in [5, 5.41) is 9.10. The summed E-state index contributed by atoms with van der Waals surface area (Å²) in [6, 6.07) is 3.30. The first-order valence-corrected chi connectivity index (χ1v) is 5.29. The van der Waals surface area contributed by atoms with E-state index in [0.29, 0.717) is 11.5 Å². The lowest BCUT2D eigenvalue weighted by Gasteiger charge is -2.18. The lowest BCUT2D eigenvalue weighted by Crippen LogP contribution is -2.17. The summed E-state index contributed by atoms with van der Waals surface area (Å²) >= 11 is 0. The molecule has 3 N–H and O–H groups in total. The molecule has 1 atom stereocenters. The van der Waals surface area contributed by atoms with E-state index in [1.54, 1.807) is 14.2 Å². The van der Waals surface area contributed by atoms with E-state index in [-0.39, 0.29) is 12.6 Å². The third-order valence-electron chi connectivity index (χ3n) is 2.63. The Morgan fingerprint density at radius 3 is 2.44 bits per heavy atom. The van der Waals surface area contributed by atoms with Gasteiger partial charge in [0.15, 0.2) is 11.5 Å². The maximum Gasteiger partial charge on any atom is 0.164 e. The molecular weight excluding hydrogens is 206 g/mol. The van der Waals surface area contributed by atoms with Gasteiger partial charge in [0.25, 0.3) is 0 Å². The van der Waals surface area contributed by atoms with E-state index in [0.717, 1.165) is 17.5 Å². The van der Waals surface area contributed by atoms with Crippen LogP contribution in [0.25, 0.3) is 0 Å². The summed E-state index contributed by atoms with van der Waals surface area (Å²) < 4.78 is 10.6. The molecule has 90 valence electrons. The first-order chi connectivity index (χ1) is 7.69. The third-order valence-corrected chi connectivity index (χ3v) is 2.63. The highest BCUT2D eigenvalue weighted by Gasteiger charge is 2.17. The Bertz CT molecular complexity index is 352. The fraction of sp³-hybridized carbons (Fsp3) is 0.500. The van der Waals surface area contributed by atoms with Gasteiger partial charge in [0.1, 0.15) is 0 Å². The van der Waals surface area contributed by atoms with Gasteiger partial charge >= 0.3 is 0 Å². The van der Waals surface area contributed by atoms with E-state index in [2.05, 4.69) is 0 Å². The van der Waals surface area contributed by atoms with Crippen LogP contribution in [0.2, 0.25) is 0 Å². The maximum atomic E-state index is 9.10. The number of rotatable bonds is 5. The standard InChI is InChI=1S/C12H19NO3/c1-4-8-9(10(13)7-14)5-6-11(15-2)12(8)16-3/h5-6,10,14H,4,7,13H2,1-3H3. The molecule has 1 aromatic carbocycles. The highest BCUT2D eigenvalue weighted by Crippen LogP contribution is 2.35. The molecule has 1 rings (SSSR count). The van der Waals surface area contributed by atoms with Gasteiger partial charge in [0, 0.05) is 5.56 Å². The summed E-state index contributed by atoms with van der Waals surface area (Å²) in [5.74, 6) is 1.39. The molecule has 0 aliphatic carbocycles. The molecule has 0 heterocycles. The van der Waals surface area contributed by atoms with Crippen LogP contribution in [0.1, 0.15) is 24.1 Å². The minimum Gasteiger partial charge on any atom is -0.493 e. The topological polar surface area (TPSA) is 64.7 Å².